The highest BCUT2D eigenvalue weighted by molar-refractivity contribution is 5.95. The summed E-state index contributed by atoms with van der Waals surface area (Å²) in [6.07, 6.45) is 5.19. The number of hydrogen-bond acceptors (Lipinski definition) is 3. The zero-order chi connectivity index (χ0) is 17.4. The van der Waals surface area contributed by atoms with E-state index in [1.807, 2.05) is 46.7 Å². The minimum Gasteiger partial charge on any atom is -0.339 e. The summed E-state index contributed by atoms with van der Waals surface area (Å²) < 4.78 is 2.04. The Balaban J connectivity index is 1.79. The number of pyridine rings is 1. The van der Waals surface area contributed by atoms with E-state index in [0.717, 1.165) is 59.7 Å². The van der Waals surface area contributed by atoms with Crippen LogP contribution < -0.4 is 0 Å². The van der Waals surface area contributed by atoms with Crippen molar-refractivity contribution in [3.8, 4) is 5.69 Å². The monoisotopic (exact) mass is 334 g/mol. The van der Waals surface area contributed by atoms with Gasteiger partial charge in [0, 0.05) is 24.8 Å². The van der Waals surface area contributed by atoms with E-state index in [-0.39, 0.29) is 5.91 Å². The third-order valence-electron chi connectivity index (χ3n) is 4.92. The van der Waals surface area contributed by atoms with E-state index in [0.29, 0.717) is 0 Å². The molecule has 5 nitrogen and oxygen atoms in total. The molecule has 0 radical (unpaired) electrons. The van der Waals surface area contributed by atoms with Crippen LogP contribution in [0.1, 0.15) is 41.0 Å². The minimum atomic E-state index is 0.121. The lowest BCUT2D eigenvalue weighted by atomic mass is 10.1. The Kier molecular flexibility index (Phi) is 3.99. The molecule has 0 spiro atoms. The normalized spacial score (nSPS) is 14.9. The van der Waals surface area contributed by atoms with Gasteiger partial charge in [0.15, 0.2) is 5.65 Å². The van der Waals surface area contributed by atoms with Crippen LogP contribution in [0.15, 0.2) is 36.5 Å². The molecule has 0 saturated carbocycles. The van der Waals surface area contributed by atoms with Crippen molar-refractivity contribution in [1.29, 1.82) is 0 Å². The number of aromatic nitrogens is 3. The number of carbonyl (C=O) groups excluding carboxylic acids is 1. The lowest BCUT2D eigenvalue weighted by Gasteiger charge is -2.27. The molecule has 5 heteroatoms. The van der Waals surface area contributed by atoms with E-state index in [1.54, 1.807) is 6.20 Å². The van der Waals surface area contributed by atoms with Gasteiger partial charge in [0.1, 0.15) is 11.3 Å². The van der Waals surface area contributed by atoms with Gasteiger partial charge in [0.2, 0.25) is 0 Å². The predicted octanol–water partition coefficient (Wildman–Crippen LogP) is 3.66. The Hall–Kier alpha value is -2.69. The van der Waals surface area contributed by atoms with Crippen LogP contribution in [0.4, 0.5) is 0 Å². The summed E-state index contributed by atoms with van der Waals surface area (Å²) in [6.45, 7) is 5.74. The molecule has 0 aliphatic carbocycles. The number of nitrogens with zero attached hydrogens (tertiary/aromatic N) is 4. The van der Waals surface area contributed by atoms with Gasteiger partial charge in [-0.15, -0.1) is 0 Å². The Morgan fingerprint density at radius 3 is 2.68 bits per heavy atom. The average Bonchev–Trinajstić information content (AvgIpc) is 2.98. The number of amides is 1. The Morgan fingerprint density at radius 1 is 1.08 bits per heavy atom. The lowest BCUT2D eigenvalue weighted by Crippen LogP contribution is -2.35. The number of likely N-dealkylation sites (tertiary alicyclic amines) is 1. The first-order valence-electron chi connectivity index (χ1n) is 8.85. The summed E-state index contributed by atoms with van der Waals surface area (Å²) in [7, 11) is 0. The molecule has 1 saturated heterocycles. The van der Waals surface area contributed by atoms with Gasteiger partial charge >= 0.3 is 0 Å². The third-order valence-corrected chi connectivity index (χ3v) is 4.92. The summed E-state index contributed by atoms with van der Waals surface area (Å²) in [4.78, 5) is 23.9. The molecular weight excluding hydrogens is 312 g/mol. The predicted molar refractivity (Wildman–Crippen MR) is 98.1 cm³/mol. The number of aryl methyl sites for hydroxylation is 2. The second kappa shape index (κ2) is 6.31. The minimum absolute atomic E-state index is 0.121. The lowest BCUT2D eigenvalue weighted by molar-refractivity contribution is 0.0724. The van der Waals surface area contributed by atoms with Crippen molar-refractivity contribution in [2.45, 2.75) is 33.1 Å². The zero-order valence-electron chi connectivity index (χ0n) is 14.7. The van der Waals surface area contributed by atoms with Crippen molar-refractivity contribution in [3.05, 3.63) is 53.5 Å². The van der Waals surface area contributed by atoms with Gasteiger partial charge in [0.25, 0.3) is 5.91 Å². The second-order valence-corrected chi connectivity index (χ2v) is 6.69. The Morgan fingerprint density at radius 2 is 1.88 bits per heavy atom. The smallest absolute Gasteiger partial charge is 0.253 e. The van der Waals surface area contributed by atoms with Gasteiger partial charge in [0.05, 0.1) is 5.69 Å². The fourth-order valence-corrected chi connectivity index (χ4v) is 3.58. The summed E-state index contributed by atoms with van der Waals surface area (Å²) in [5, 5.41) is 0. The fourth-order valence-electron chi connectivity index (χ4n) is 3.58. The molecule has 3 heterocycles. The van der Waals surface area contributed by atoms with Crippen molar-refractivity contribution >= 4 is 17.1 Å². The van der Waals surface area contributed by atoms with Crippen LogP contribution in [-0.4, -0.2) is 38.4 Å². The fraction of sp³-hybridized carbons (Fsp3) is 0.350. The van der Waals surface area contributed by atoms with Gasteiger partial charge in [-0.2, -0.15) is 0 Å². The van der Waals surface area contributed by atoms with E-state index < -0.39 is 0 Å². The van der Waals surface area contributed by atoms with Crippen molar-refractivity contribution in [2.75, 3.05) is 13.1 Å². The highest BCUT2D eigenvalue weighted by Crippen LogP contribution is 2.24. The van der Waals surface area contributed by atoms with E-state index >= 15 is 0 Å². The summed E-state index contributed by atoms with van der Waals surface area (Å²) in [6, 6.07) is 9.78. The molecule has 0 unspecified atom stereocenters. The van der Waals surface area contributed by atoms with E-state index in [4.69, 9.17) is 0 Å². The van der Waals surface area contributed by atoms with Crippen LogP contribution in [0.2, 0.25) is 0 Å². The van der Waals surface area contributed by atoms with Crippen molar-refractivity contribution < 1.29 is 4.79 Å². The van der Waals surface area contributed by atoms with E-state index in [2.05, 4.69) is 16.9 Å². The van der Waals surface area contributed by atoms with Crippen LogP contribution in [0, 0.1) is 13.8 Å². The average molecular weight is 334 g/mol. The molecule has 2 aromatic heterocycles. The van der Waals surface area contributed by atoms with E-state index in [9.17, 15) is 4.79 Å². The second-order valence-electron chi connectivity index (χ2n) is 6.69. The number of fused-ring (bicyclic) bond motifs is 1. The number of carbonyl (C=O) groups is 1. The van der Waals surface area contributed by atoms with Crippen molar-refractivity contribution in [2.24, 2.45) is 0 Å². The van der Waals surface area contributed by atoms with Gasteiger partial charge in [-0.25, -0.2) is 9.97 Å². The first kappa shape index (κ1) is 15.8. The summed E-state index contributed by atoms with van der Waals surface area (Å²) >= 11 is 0. The molecule has 3 aromatic rings. The molecule has 1 fully saturated rings. The maximum atomic E-state index is 12.9. The molecule has 1 aliphatic heterocycles. The molecular formula is C20H22N4O. The van der Waals surface area contributed by atoms with E-state index in [1.165, 1.54) is 6.42 Å². The van der Waals surface area contributed by atoms with Crippen LogP contribution in [0.3, 0.4) is 0 Å². The highest BCUT2D eigenvalue weighted by Gasteiger charge is 2.20. The van der Waals surface area contributed by atoms with Crippen LogP contribution >= 0.6 is 0 Å². The Bertz CT molecular complexity index is 938. The maximum Gasteiger partial charge on any atom is 0.253 e. The van der Waals surface area contributed by atoms with Crippen molar-refractivity contribution in [1.82, 2.24) is 19.4 Å². The van der Waals surface area contributed by atoms with Crippen molar-refractivity contribution in [3.63, 3.8) is 0 Å². The number of benzene rings is 1. The molecule has 4 rings (SSSR count). The number of imidazole rings is 1. The largest absolute Gasteiger partial charge is 0.339 e. The molecule has 25 heavy (non-hydrogen) atoms. The zero-order valence-corrected chi connectivity index (χ0v) is 14.7. The van der Waals surface area contributed by atoms with Gasteiger partial charge in [-0.1, -0.05) is 6.07 Å². The number of piperidine rings is 1. The number of hydrogen-bond donors (Lipinski definition) is 0. The molecule has 0 N–H and O–H groups in total. The standard InChI is InChI=1S/C20H22N4O/c1-14-8-9-16(20(25)23-11-4-3-5-12-23)13-18(14)24-15(2)22-17-7-6-10-21-19(17)24/h6-10,13H,3-5,11-12H2,1-2H3. The first-order chi connectivity index (χ1) is 12.1. The quantitative estimate of drug-likeness (QED) is 0.718. The van der Waals surface area contributed by atoms with Gasteiger partial charge in [-0.05, 0) is 62.9 Å². The van der Waals surface area contributed by atoms with Crippen LogP contribution in [-0.2, 0) is 0 Å². The summed E-state index contributed by atoms with van der Waals surface area (Å²) in [5.74, 6) is 0.996. The van der Waals surface area contributed by atoms with Gasteiger partial charge in [-0.3, -0.25) is 9.36 Å². The molecule has 0 bridgehead atoms. The topological polar surface area (TPSA) is 51.0 Å². The number of rotatable bonds is 2. The summed E-state index contributed by atoms with van der Waals surface area (Å²) in [5.41, 5.74) is 4.50. The van der Waals surface area contributed by atoms with Gasteiger partial charge < -0.3 is 4.90 Å². The van der Waals surface area contributed by atoms with Crippen LogP contribution in [0.5, 0.6) is 0 Å². The van der Waals surface area contributed by atoms with Crippen LogP contribution in [0.25, 0.3) is 16.9 Å². The SMILES string of the molecule is Cc1ccc(C(=O)N2CCCCC2)cc1-n1c(C)nc2cccnc21. The highest BCUT2D eigenvalue weighted by atomic mass is 16.2. The first-order valence-corrected chi connectivity index (χ1v) is 8.85. The maximum absolute atomic E-state index is 12.9. The Labute approximate surface area is 147 Å². The third kappa shape index (κ3) is 2.80. The molecule has 0 atom stereocenters. The molecule has 1 amide bonds. The molecule has 1 aliphatic rings. The molecule has 1 aromatic carbocycles. The molecule has 128 valence electrons.